The number of likely N-dealkylation sites (tertiary alicyclic amines) is 1. The van der Waals surface area contributed by atoms with E-state index in [-0.39, 0.29) is 29.1 Å². The van der Waals surface area contributed by atoms with E-state index < -0.39 is 74.7 Å². The summed E-state index contributed by atoms with van der Waals surface area (Å²) in [4.78, 5) is 56.2. The zero-order valence-corrected chi connectivity index (χ0v) is 28.2. The number of alkyl halides is 6. The van der Waals surface area contributed by atoms with Crippen molar-refractivity contribution >= 4 is 80.2 Å². The summed E-state index contributed by atoms with van der Waals surface area (Å²) < 4.78 is 40.4. The van der Waals surface area contributed by atoms with Crippen molar-refractivity contribution in [2.45, 2.75) is 48.5 Å². The number of allylic oxidation sites excluding steroid dienone is 2. The van der Waals surface area contributed by atoms with Gasteiger partial charge < -0.3 is 5.11 Å². The summed E-state index contributed by atoms with van der Waals surface area (Å²) >= 11 is 23.8. The molecule has 2 aromatic rings. The Morgan fingerprint density at radius 1 is 1.07 bits per heavy atom. The molecule has 4 aliphatic rings. The number of rotatable bonds is 4. The molecule has 6 rings (SSSR count). The molecular weight excluding hydrogens is 740 g/mol. The number of phenolic OH excluding ortho intramolecular Hbond substituents is 1. The Hall–Kier alpha value is -2.87. The Labute approximate surface area is 284 Å². The predicted molar refractivity (Wildman–Crippen MR) is 165 cm³/mol. The Morgan fingerprint density at radius 2 is 1.70 bits per heavy atom. The number of hydrogen-bond donors (Lipinski definition) is 1. The van der Waals surface area contributed by atoms with Crippen LogP contribution in [0.3, 0.4) is 0 Å². The number of phenols is 1. The molecule has 2 saturated heterocycles. The number of hydrazine groups is 1. The van der Waals surface area contributed by atoms with E-state index in [4.69, 9.17) is 34.8 Å². The largest absolute Gasteiger partial charge is 0.507 e. The predicted octanol–water partition coefficient (Wildman–Crippen LogP) is 5.84. The fourth-order valence-electron chi connectivity index (χ4n) is 7.47. The number of aromatic nitrogens is 1. The number of carbonyl (C=O) groups excluding carboxylic acids is 4. The van der Waals surface area contributed by atoms with Crippen LogP contribution in [0.2, 0.25) is 5.02 Å². The van der Waals surface area contributed by atoms with E-state index in [1.165, 1.54) is 7.05 Å². The van der Waals surface area contributed by atoms with Crippen LogP contribution in [0, 0.1) is 31.6 Å². The SMILES string of the molecule is Cc1cc([C@H]2C3=CC[C@@H]4C(=O)N(N(C)c5nc(C(F)(F)F)ccc5Cl)C(=O)[C@@H]4[C@@H]3C[C@@]3(Cl)C(=O)N(CBr)C(=O)[C@@]23Cl)cc(C)c1O. The van der Waals surface area contributed by atoms with Gasteiger partial charge in [-0.25, -0.2) is 4.98 Å². The fourth-order valence-corrected chi connectivity index (χ4v) is 9.13. The van der Waals surface area contributed by atoms with E-state index in [0.29, 0.717) is 28.3 Å². The van der Waals surface area contributed by atoms with Crippen LogP contribution < -0.4 is 5.01 Å². The number of imide groups is 2. The molecule has 1 saturated carbocycles. The zero-order valence-electron chi connectivity index (χ0n) is 24.3. The second-order valence-corrected chi connectivity index (χ2v) is 14.2. The highest BCUT2D eigenvalue weighted by atomic mass is 79.9. The maximum absolute atomic E-state index is 14.2. The molecule has 46 heavy (non-hydrogen) atoms. The van der Waals surface area contributed by atoms with Crippen molar-refractivity contribution in [1.29, 1.82) is 0 Å². The van der Waals surface area contributed by atoms with Gasteiger partial charge in [-0.1, -0.05) is 51.3 Å². The van der Waals surface area contributed by atoms with Gasteiger partial charge in [0.2, 0.25) is 0 Å². The molecule has 0 radical (unpaired) electrons. The van der Waals surface area contributed by atoms with E-state index in [1.54, 1.807) is 32.1 Å². The molecule has 16 heteroatoms. The molecule has 2 aliphatic heterocycles. The molecule has 9 nitrogen and oxygen atoms in total. The average Bonchev–Trinajstić information content (AvgIpc) is 3.32. The summed E-state index contributed by atoms with van der Waals surface area (Å²) in [5.41, 5.74) is 0.501. The van der Waals surface area contributed by atoms with Crippen LogP contribution in [-0.4, -0.2) is 65.9 Å². The van der Waals surface area contributed by atoms with Gasteiger partial charge >= 0.3 is 6.18 Å². The number of benzene rings is 1. The Morgan fingerprint density at radius 3 is 2.28 bits per heavy atom. The highest BCUT2D eigenvalue weighted by Gasteiger charge is 2.76. The smallest absolute Gasteiger partial charge is 0.433 e. The zero-order chi connectivity index (χ0) is 33.8. The number of aromatic hydroxyl groups is 1. The molecule has 1 N–H and O–H groups in total. The van der Waals surface area contributed by atoms with Gasteiger partial charge in [-0.15, -0.1) is 23.2 Å². The lowest BCUT2D eigenvalue weighted by Gasteiger charge is -2.50. The van der Waals surface area contributed by atoms with E-state index >= 15 is 0 Å². The third kappa shape index (κ3) is 4.37. The van der Waals surface area contributed by atoms with Crippen LogP contribution in [0.25, 0.3) is 0 Å². The number of pyridine rings is 1. The second kappa shape index (κ2) is 10.8. The maximum atomic E-state index is 14.2. The fraction of sp³-hybridized carbons (Fsp3) is 0.433. The Bertz CT molecular complexity index is 1750. The van der Waals surface area contributed by atoms with Crippen molar-refractivity contribution in [3.8, 4) is 5.75 Å². The summed E-state index contributed by atoms with van der Waals surface area (Å²) in [5, 5.41) is 11.9. The van der Waals surface area contributed by atoms with Crippen LogP contribution >= 0.6 is 50.7 Å². The normalized spacial score (nSPS) is 30.8. The molecule has 1 aromatic heterocycles. The summed E-state index contributed by atoms with van der Waals surface area (Å²) in [6, 6.07) is 4.94. The lowest BCUT2D eigenvalue weighted by atomic mass is 9.56. The molecule has 0 unspecified atom stereocenters. The van der Waals surface area contributed by atoms with Gasteiger partial charge in [-0.05, 0) is 61.4 Å². The lowest BCUT2D eigenvalue weighted by Crippen LogP contribution is -2.60. The van der Waals surface area contributed by atoms with Crippen molar-refractivity contribution in [2.75, 3.05) is 17.5 Å². The van der Waals surface area contributed by atoms with E-state index in [1.807, 2.05) is 0 Å². The number of fused-ring (bicyclic) bond motifs is 4. The first-order valence-electron chi connectivity index (χ1n) is 14.1. The second-order valence-electron chi connectivity index (χ2n) is 12.0. The number of nitrogens with zero attached hydrogens (tertiary/aromatic N) is 4. The van der Waals surface area contributed by atoms with Gasteiger partial charge in [0.25, 0.3) is 23.6 Å². The maximum Gasteiger partial charge on any atom is 0.433 e. The average molecular weight is 765 g/mol. The minimum absolute atomic E-state index is 0.0302. The van der Waals surface area contributed by atoms with E-state index in [0.717, 1.165) is 21.0 Å². The molecule has 3 fully saturated rings. The summed E-state index contributed by atoms with van der Waals surface area (Å²) in [7, 11) is 1.21. The molecule has 244 valence electrons. The summed E-state index contributed by atoms with van der Waals surface area (Å²) in [6.45, 7) is 3.33. The molecule has 0 spiro atoms. The number of hydrogen-bond acceptors (Lipinski definition) is 7. The standard InChI is InChI=1S/C30H25BrCl3F3N4O5/c1-12-8-14(9-13(2)22(12)42)21-15-4-5-16-20(17(15)10-28(33)26(45)40(11-31)27(46)29(21,28)34)25(44)41(24(16)43)39(3)23-18(32)6-7-19(38-23)30(35,36)37/h4,6-9,16-17,20-21,42H,5,10-11H2,1-3H3/t16-,17+,20-,21-,28+,29-/m0/s1. The summed E-state index contributed by atoms with van der Waals surface area (Å²) in [6.07, 6.45) is -3.32. The third-order valence-corrected chi connectivity index (χ3v) is 11.8. The first-order valence-corrected chi connectivity index (χ1v) is 16.3. The third-order valence-electron chi connectivity index (χ3n) is 9.56. The monoisotopic (exact) mass is 762 g/mol. The van der Waals surface area contributed by atoms with Crippen LogP contribution in [0.4, 0.5) is 19.0 Å². The van der Waals surface area contributed by atoms with Crippen molar-refractivity contribution in [3.05, 3.63) is 63.3 Å². The van der Waals surface area contributed by atoms with E-state index in [9.17, 15) is 37.5 Å². The number of halogens is 7. The number of anilines is 1. The first-order chi connectivity index (χ1) is 21.4. The molecule has 6 atom stereocenters. The van der Waals surface area contributed by atoms with Crippen molar-refractivity contribution in [2.24, 2.45) is 17.8 Å². The van der Waals surface area contributed by atoms with Gasteiger partial charge in [0.15, 0.2) is 15.6 Å². The molecule has 3 heterocycles. The van der Waals surface area contributed by atoms with Crippen molar-refractivity contribution in [3.63, 3.8) is 0 Å². The van der Waals surface area contributed by atoms with Crippen LogP contribution in [0.5, 0.6) is 5.75 Å². The Balaban J connectivity index is 1.48. The Kier molecular flexibility index (Phi) is 7.78. The highest BCUT2D eigenvalue weighted by Crippen LogP contribution is 2.65. The minimum Gasteiger partial charge on any atom is -0.507 e. The van der Waals surface area contributed by atoms with Crippen molar-refractivity contribution in [1.82, 2.24) is 14.9 Å². The number of amides is 4. The molecule has 2 aliphatic carbocycles. The van der Waals surface area contributed by atoms with Gasteiger partial charge in [-0.2, -0.15) is 18.2 Å². The molecular formula is C30H25BrCl3F3N4O5. The van der Waals surface area contributed by atoms with Gasteiger partial charge in [0, 0.05) is 13.0 Å². The van der Waals surface area contributed by atoms with Gasteiger partial charge in [0.1, 0.15) is 11.4 Å². The quantitative estimate of drug-likeness (QED) is 0.180. The van der Waals surface area contributed by atoms with Crippen molar-refractivity contribution < 1.29 is 37.5 Å². The molecule has 1 aromatic carbocycles. The first kappa shape index (κ1) is 33.0. The topological polar surface area (TPSA) is 111 Å². The lowest BCUT2D eigenvalue weighted by molar-refractivity contribution is -0.142. The van der Waals surface area contributed by atoms with Gasteiger partial charge in [0.05, 0.1) is 22.3 Å². The number of aryl methyl sites for hydroxylation is 2. The minimum atomic E-state index is -4.81. The van der Waals surface area contributed by atoms with Crippen LogP contribution in [0.1, 0.15) is 41.1 Å². The van der Waals surface area contributed by atoms with Crippen LogP contribution in [0.15, 0.2) is 35.9 Å². The summed E-state index contributed by atoms with van der Waals surface area (Å²) in [5.74, 6) is -7.35. The highest BCUT2D eigenvalue weighted by molar-refractivity contribution is 9.09. The van der Waals surface area contributed by atoms with Gasteiger partial charge in [-0.3, -0.25) is 29.1 Å². The van der Waals surface area contributed by atoms with Crippen LogP contribution in [-0.2, 0) is 25.4 Å². The number of carbonyl (C=O) groups is 4. The van der Waals surface area contributed by atoms with E-state index in [2.05, 4.69) is 20.9 Å². The molecule has 0 bridgehead atoms. The molecule has 4 amide bonds.